The van der Waals surface area contributed by atoms with E-state index in [1.165, 1.54) is 17.0 Å². The third-order valence-electron chi connectivity index (χ3n) is 7.12. The van der Waals surface area contributed by atoms with Gasteiger partial charge in [0.25, 0.3) is 10.0 Å². The Morgan fingerprint density at radius 1 is 0.818 bits per heavy atom. The minimum absolute atomic E-state index is 0.0612. The summed E-state index contributed by atoms with van der Waals surface area (Å²) in [6.07, 6.45) is 0.241. The number of carbonyl (C=O) groups excluding carboxylic acids is 2. The number of methoxy groups -OCH3 is 1. The highest BCUT2D eigenvalue weighted by molar-refractivity contribution is 7.92. The van der Waals surface area contributed by atoms with Crippen molar-refractivity contribution >= 4 is 27.5 Å². The first-order valence-corrected chi connectivity index (χ1v) is 15.9. The summed E-state index contributed by atoms with van der Waals surface area (Å²) in [6, 6.07) is 30.6. The molecule has 0 heterocycles. The van der Waals surface area contributed by atoms with E-state index in [9.17, 15) is 18.0 Å². The van der Waals surface area contributed by atoms with Crippen molar-refractivity contribution in [3.8, 4) is 5.75 Å². The van der Waals surface area contributed by atoms with E-state index in [1.807, 2.05) is 63.2 Å². The number of nitrogens with one attached hydrogen (secondary N) is 1. The van der Waals surface area contributed by atoms with Crippen molar-refractivity contribution in [1.29, 1.82) is 0 Å². The van der Waals surface area contributed by atoms with Gasteiger partial charge in [0.1, 0.15) is 18.3 Å². The topological polar surface area (TPSA) is 96.0 Å². The molecule has 44 heavy (non-hydrogen) atoms. The van der Waals surface area contributed by atoms with Crippen LogP contribution < -0.4 is 14.4 Å². The normalized spacial score (nSPS) is 11.9. The summed E-state index contributed by atoms with van der Waals surface area (Å²) >= 11 is 0. The maximum atomic E-state index is 14.5. The van der Waals surface area contributed by atoms with Gasteiger partial charge in [0.2, 0.25) is 11.8 Å². The van der Waals surface area contributed by atoms with Crippen LogP contribution in [-0.4, -0.2) is 50.9 Å². The highest BCUT2D eigenvalue weighted by Crippen LogP contribution is 2.26. The number of ether oxygens (including phenoxy) is 1. The van der Waals surface area contributed by atoms with Crippen LogP contribution in [0.4, 0.5) is 5.69 Å². The van der Waals surface area contributed by atoms with Crippen molar-refractivity contribution in [2.75, 3.05) is 18.0 Å². The molecule has 0 saturated carbocycles. The number of rotatable bonds is 13. The number of hydrogen-bond acceptors (Lipinski definition) is 5. The van der Waals surface area contributed by atoms with E-state index < -0.39 is 28.5 Å². The molecule has 8 nitrogen and oxygen atoms in total. The Balaban J connectivity index is 1.80. The molecule has 0 aliphatic carbocycles. The molecule has 0 unspecified atom stereocenters. The Kier molecular flexibility index (Phi) is 10.8. The van der Waals surface area contributed by atoms with Crippen LogP contribution in [0, 0.1) is 6.92 Å². The third kappa shape index (κ3) is 8.26. The van der Waals surface area contributed by atoms with Gasteiger partial charge in [-0.1, -0.05) is 78.4 Å². The average Bonchev–Trinajstić information content (AvgIpc) is 3.02. The number of aryl methyl sites for hydroxylation is 1. The van der Waals surface area contributed by atoms with Gasteiger partial charge in [-0.25, -0.2) is 8.42 Å². The van der Waals surface area contributed by atoms with E-state index in [2.05, 4.69) is 5.32 Å². The summed E-state index contributed by atoms with van der Waals surface area (Å²) < 4.78 is 34.6. The van der Waals surface area contributed by atoms with E-state index >= 15 is 0 Å². The first-order valence-electron chi connectivity index (χ1n) is 14.5. The quantitative estimate of drug-likeness (QED) is 0.219. The smallest absolute Gasteiger partial charge is 0.264 e. The van der Waals surface area contributed by atoms with Gasteiger partial charge >= 0.3 is 0 Å². The molecule has 0 radical (unpaired) electrons. The maximum absolute atomic E-state index is 14.5. The van der Waals surface area contributed by atoms with E-state index in [1.54, 1.807) is 61.7 Å². The molecule has 0 aliphatic heterocycles. The summed E-state index contributed by atoms with van der Waals surface area (Å²) in [5.74, 6) is -0.241. The van der Waals surface area contributed by atoms with E-state index in [0.717, 1.165) is 21.0 Å². The first-order chi connectivity index (χ1) is 21.1. The van der Waals surface area contributed by atoms with Crippen molar-refractivity contribution in [2.45, 2.75) is 50.7 Å². The second-order valence-electron chi connectivity index (χ2n) is 10.9. The summed E-state index contributed by atoms with van der Waals surface area (Å²) in [4.78, 5) is 29.8. The molecule has 230 valence electrons. The minimum Gasteiger partial charge on any atom is -0.497 e. The van der Waals surface area contributed by atoms with Gasteiger partial charge in [-0.3, -0.25) is 13.9 Å². The van der Waals surface area contributed by atoms with Gasteiger partial charge < -0.3 is 15.0 Å². The number of sulfonamides is 1. The van der Waals surface area contributed by atoms with Gasteiger partial charge in [0.05, 0.1) is 17.7 Å². The van der Waals surface area contributed by atoms with Crippen LogP contribution in [0.15, 0.2) is 114 Å². The molecule has 0 fully saturated rings. The second kappa shape index (κ2) is 14.7. The Hall–Kier alpha value is -4.63. The zero-order chi connectivity index (χ0) is 31.7. The highest BCUT2D eigenvalue weighted by Gasteiger charge is 2.34. The fraction of sp³-hybridized carbons (Fsp3) is 0.257. The van der Waals surface area contributed by atoms with Crippen molar-refractivity contribution in [1.82, 2.24) is 10.2 Å². The van der Waals surface area contributed by atoms with Crippen molar-refractivity contribution in [2.24, 2.45) is 0 Å². The number of amides is 2. The van der Waals surface area contributed by atoms with Crippen LogP contribution in [0.2, 0.25) is 0 Å². The number of anilines is 1. The minimum atomic E-state index is -4.14. The summed E-state index contributed by atoms with van der Waals surface area (Å²) in [5, 5.41) is 2.96. The van der Waals surface area contributed by atoms with E-state index in [-0.39, 0.29) is 29.8 Å². The molecule has 2 amide bonds. The van der Waals surface area contributed by atoms with E-state index in [0.29, 0.717) is 11.4 Å². The van der Waals surface area contributed by atoms with E-state index in [4.69, 9.17) is 4.74 Å². The second-order valence-corrected chi connectivity index (χ2v) is 12.8. The fourth-order valence-electron chi connectivity index (χ4n) is 4.86. The van der Waals surface area contributed by atoms with Crippen LogP contribution in [0.25, 0.3) is 0 Å². The molecular weight excluding hydrogens is 574 g/mol. The number of hydrogen-bond donors (Lipinski definition) is 1. The highest BCUT2D eigenvalue weighted by atomic mass is 32.2. The zero-order valence-electron chi connectivity index (χ0n) is 25.5. The number of benzene rings is 4. The first kappa shape index (κ1) is 32.3. The van der Waals surface area contributed by atoms with Crippen LogP contribution >= 0.6 is 0 Å². The predicted octanol–water partition coefficient (Wildman–Crippen LogP) is 5.36. The van der Waals surface area contributed by atoms with Crippen LogP contribution in [0.3, 0.4) is 0 Å². The Morgan fingerprint density at radius 3 is 2.05 bits per heavy atom. The molecule has 4 aromatic carbocycles. The van der Waals surface area contributed by atoms with Gasteiger partial charge in [-0.05, 0) is 68.3 Å². The molecule has 0 saturated heterocycles. The third-order valence-corrected chi connectivity index (χ3v) is 8.91. The molecule has 0 aliphatic rings. The molecule has 9 heteroatoms. The molecule has 0 bridgehead atoms. The summed E-state index contributed by atoms with van der Waals surface area (Å²) in [6.45, 7) is 5.17. The fourth-order valence-corrected chi connectivity index (χ4v) is 6.30. The lowest BCUT2D eigenvalue weighted by Gasteiger charge is -2.34. The Labute approximate surface area is 260 Å². The van der Waals surface area contributed by atoms with Gasteiger partial charge in [0.15, 0.2) is 0 Å². The monoisotopic (exact) mass is 613 g/mol. The molecule has 1 N–H and O–H groups in total. The Morgan fingerprint density at radius 2 is 1.43 bits per heavy atom. The summed E-state index contributed by atoms with van der Waals surface area (Å²) in [7, 11) is -2.58. The lowest BCUT2D eigenvalue weighted by Crippen LogP contribution is -2.54. The molecule has 4 rings (SSSR count). The largest absolute Gasteiger partial charge is 0.497 e. The number of nitrogens with zero attached hydrogens (tertiary/aromatic N) is 2. The summed E-state index contributed by atoms with van der Waals surface area (Å²) in [5.41, 5.74) is 2.90. The van der Waals surface area contributed by atoms with Gasteiger partial charge in [0, 0.05) is 19.0 Å². The predicted molar refractivity (Wildman–Crippen MR) is 173 cm³/mol. The molecule has 1 atom stereocenters. The maximum Gasteiger partial charge on any atom is 0.264 e. The van der Waals surface area contributed by atoms with Gasteiger partial charge in [-0.15, -0.1) is 0 Å². The Bertz CT molecular complexity index is 1640. The molecule has 0 aromatic heterocycles. The number of carbonyl (C=O) groups is 2. The van der Waals surface area contributed by atoms with Crippen molar-refractivity contribution in [3.05, 3.63) is 126 Å². The zero-order valence-corrected chi connectivity index (χ0v) is 26.3. The molecule has 0 spiro atoms. The lowest BCUT2D eigenvalue weighted by atomic mass is 10.0. The average molecular weight is 614 g/mol. The molecule has 4 aromatic rings. The lowest BCUT2D eigenvalue weighted by molar-refractivity contribution is -0.140. The van der Waals surface area contributed by atoms with Crippen LogP contribution in [-0.2, 0) is 32.6 Å². The van der Waals surface area contributed by atoms with Crippen molar-refractivity contribution < 1.29 is 22.7 Å². The standard InChI is InChI=1S/C35H39N3O5S/c1-26(2)36-35(40)33(23-28-12-7-5-8-13-28)37(24-29-14-11-15-31(22-29)43-4)34(39)25-38(30-20-18-27(3)19-21-30)44(41,42)32-16-9-6-10-17-32/h5-22,26,33H,23-25H2,1-4H3,(H,36,40)/t33-/m0/s1. The molecular formula is C35H39N3O5S. The van der Waals surface area contributed by atoms with Gasteiger partial charge in [-0.2, -0.15) is 0 Å². The van der Waals surface area contributed by atoms with Crippen LogP contribution in [0.1, 0.15) is 30.5 Å². The van der Waals surface area contributed by atoms with Crippen LogP contribution in [0.5, 0.6) is 5.75 Å². The SMILES string of the molecule is COc1cccc(CN(C(=O)CN(c2ccc(C)cc2)S(=O)(=O)c2ccccc2)[C@@H](Cc2ccccc2)C(=O)NC(C)C)c1. The van der Waals surface area contributed by atoms with Crippen molar-refractivity contribution in [3.63, 3.8) is 0 Å².